The minimum atomic E-state index is 0.108. The summed E-state index contributed by atoms with van der Waals surface area (Å²) in [5.41, 5.74) is 2.62. The van der Waals surface area contributed by atoms with Crippen LogP contribution < -0.4 is 5.43 Å². The van der Waals surface area contributed by atoms with Crippen LogP contribution in [0.15, 0.2) is 5.10 Å². The van der Waals surface area contributed by atoms with Crippen molar-refractivity contribution >= 4 is 12.1 Å². The summed E-state index contributed by atoms with van der Waals surface area (Å²) >= 11 is 0. The molecule has 0 aromatic carbocycles. The third-order valence-electron chi connectivity index (χ3n) is 3.06. The lowest BCUT2D eigenvalue weighted by Gasteiger charge is -2.16. The fraction of sp³-hybridized carbons (Fsp3) is 0.818. The van der Waals surface area contributed by atoms with E-state index in [9.17, 15) is 4.79 Å². The van der Waals surface area contributed by atoms with Gasteiger partial charge in [0.1, 0.15) is 0 Å². The molecule has 0 bridgehead atoms. The number of hydrazone groups is 1. The minimum Gasteiger partial charge on any atom is -0.273 e. The molecule has 0 saturated heterocycles. The first kappa shape index (κ1) is 9.69. The molecular formula is C11H18N2O. The van der Waals surface area contributed by atoms with Gasteiger partial charge < -0.3 is 0 Å². The molecule has 0 aliphatic heterocycles. The summed E-state index contributed by atoms with van der Waals surface area (Å²) in [7, 11) is 0. The Balaban J connectivity index is 1.67. The van der Waals surface area contributed by atoms with Gasteiger partial charge in [-0.1, -0.05) is 19.3 Å². The minimum absolute atomic E-state index is 0.108. The molecule has 3 heteroatoms. The molecule has 0 aromatic heterocycles. The van der Waals surface area contributed by atoms with Gasteiger partial charge in [0.2, 0.25) is 5.91 Å². The lowest BCUT2D eigenvalue weighted by molar-refractivity contribution is -0.122. The SMILES string of the molecule is O=C(N/N=C/C1CCCCC1)C1CC1. The second kappa shape index (κ2) is 4.58. The first-order valence-corrected chi connectivity index (χ1v) is 5.69. The zero-order valence-electron chi connectivity index (χ0n) is 8.54. The molecule has 2 aliphatic rings. The summed E-state index contributed by atoms with van der Waals surface area (Å²) < 4.78 is 0. The Morgan fingerprint density at radius 1 is 1.14 bits per heavy atom. The van der Waals surface area contributed by atoms with E-state index in [4.69, 9.17) is 0 Å². The summed E-state index contributed by atoms with van der Waals surface area (Å²) in [6, 6.07) is 0. The van der Waals surface area contributed by atoms with E-state index in [-0.39, 0.29) is 11.8 Å². The van der Waals surface area contributed by atoms with Crippen molar-refractivity contribution in [2.45, 2.75) is 44.9 Å². The number of hydrogen-bond donors (Lipinski definition) is 1. The van der Waals surface area contributed by atoms with Crippen LogP contribution in [-0.2, 0) is 4.79 Å². The number of hydrogen-bond acceptors (Lipinski definition) is 2. The van der Waals surface area contributed by atoms with E-state index in [0.717, 1.165) is 12.8 Å². The fourth-order valence-electron chi connectivity index (χ4n) is 1.93. The topological polar surface area (TPSA) is 41.5 Å². The summed E-state index contributed by atoms with van der Waals surface area (Å²) in [6.45, 7) is 0. The van der Waals surface area contributed by atoms with Crippen molar-refractivity contribution in [3.8, 4) is 0 Å². The maximum absolute atomic E-state index is 11.2. The molecular weight excluding hydrogens is 176 g/mol. The number of amides is 1. The van der Waals surface area contributed by atoms with Crippen molar-refractivity contribution in [1.82, 2.24) is 5.43 Å². The zero-order chi connectivity index (χ0) is 9.80. The van der Waals surface area contributed by atoms with Crippen LogP contribution in [0.1, 0.15) is 44.9 Å². The molecule has 2 fully saturated rings. The maximum Gasteiger partial charge on any atom is 0.243 e. The highest BCUT2D eigenvalue weighted by Gasteiger charge is 2.29. The number of nitrogens with zero attached hydrogens (tertiary/aromatic N) is 1. The van der Waals surface area contributed by atoms with E-state index in [0.29, 0.717) is 5.92 Å². The van der Waals surface area contributed by atoms with Crippen LogP contribution in [0.3, 0.4) is 0 Å². The Kier molecular flexibility index (Phi) is 3.17. The van der Waals surface area contributed by atoms with Crippen molar-refractivity contribution in [2.75, 3.05) is 0 Å². The van der Waals surface area contributed by atoms with Crippen LogP contribution in [0.5, 0.6) is 0 Å². The summed E-state index contributed by atoms with van der Waals surface area (Å²) in [5.74, 6) is 0.971. The molecule has 2 rings (SSSR count). The largest absolute Gasteiger partial charge is 0.273 e. The predicted molar refractivity (Wildman–Crippen MR) is 55.9 cm³/mol. The standard InChI is InChI=1S/C11H18N2O/c14-11(10-6-7-10)13-12-8-9-4-2-1-3-5-9/h8-10H,1-7H2,(H,13,14)/b12-8+. The third-order valence-corrected chi connectivity index (χ3v) is 3.06. The van der Waals surface area contributed by atoms with Crippen LogP contribution in [-0.4, -0.2) is 12.1 Å². The number of nitrogens with one attached hydrogen (secondary N) is 1. The van der Waals surface area contributed by atoms with E-state index >= 15 is 0 Å². The van der Waals surface area contributed by atoms with E-state index < -0.39 is 0 Å². The zero-order valence-corrected chi connectivity index (χ0v) is 8.54. The van der Waals surface area contributed by atoms with Crippen LogP contribution in [0.2, 0.25) is 0 Å². The van der Waals surface area contributed by atoms with E-state index in [2.05, 4.69) is 10.5 Å². The summed E-state index contributed by atoms with van der Waals surface area (Å²) in [4.78, 5) is 11.2. The van der Waals surface area contributed by atoms with Crippen molar-refractivity contribution in [3.05, 3.63) is 0 Å². The van der Waals surface area contributed by atoms with Crippen LogP contribution >= 0.6 is 0 Å². The predicted octanol–water partition coefficient (Wildman–Crippen LogP) is 2.08. The molecule has 2 aliphatic carbocycles. The van der Waals surface area contributed by atoms with Crippen molar-refractivity contribution in [2.24, 2.45) is 16.9 Å². The molecule has 2 saturated carbocycles. The average Bonchev–Trinajstić information content (AvgIpc) is 3.02. The third kappa shape index (κ3) is 2.82. The monoisotopic (exact) mass is 194 g/mol. The molecule has 78 valence electrons. The van der Waals surface area contributed by atoms with E-state index in [1.807, 2.05) is 6.21 Å². The number of carbonyl (C=O) groups is 1. The molecule has 1 N–H and O–H groups in total. The Morgan fingerprint density at radius 3 is 2.50 bits per heavy atom. The Bertz CT molecular complexity index is 227. The van der Waals surface area contributed by atoms with Gasteiger partial charge in [-0.15, -0.1) is 0 Å². The van der Waals surface area contributed by atoms with E-state index in [1.54, 1.807) is 0 Å². The molecule has 0 aromatic rings. The van der Waals surface area contributed by atoms with Gasteiger partial charge in [-0.25, -0.2) is 5.43 Å². The highest BCUT2D eigenvalue weighted by atomic mass is 16.2. The van der Waals surface area contributed by atoms with Gasteiger partial charge in [-0.05, 0) is 31.6 Å². The highest BCUT2D eigenvalue weighted by molar-refractivity contribution is 5.81. The Morgan fingerprint density at radius 2 is 1.86 bits per heavy atom. The van der Waals surface area contributed by atoms with Gasteiger partial charge in [0.25, 0.3) is 0 Å². The smallest absolute Gasteiger partial charge is 0.243 e. The second-order valence-corrected chi connectivity index (χ2v) is 4.43. The first-order valence-electron chi connectivity index (χ1n) is 5.69. The quantitative estimate of drug-likeness (QED) is 0.542. The first-order chi connectivity index (χ1) is 6.86. The van der Waals surface area contributed by atoms with Crippen LogP contribution in [0.4, 0.5) is 0 Å². The van der Waals surface area contributed by atoms with Gasteiger partial charge in [0.05, 0.1) is 0 Å². The molecule has 0 unspecified atom stereocenters. The Labute approximate surface area is 85.0 Å². The summed E-state index contributed by atoms with van der Waals surface area (Å²) in [5, 5.41) is 4.03. The fourth-order valence-corrected chi connectivity index (χ4v) is 1.93. The van der Waals surface area contributed by atoms with Crippen molar-refractivity contribution in [1.29, 1.82) is 0 Å². The molecule has 0 radical (unpaired) electrons. The van der Waals surface area contributed by atoms with Gasteiger partial charge in [-0.2, -0.15) is 5.10 Å². The Hall–Kier alpha value is -0.860. The summed E-state index contributed by atoms with van der Waals surface area (Å²) in [6.07, 6.45) is 10.5. The van der Waals surface area contributed by atoms with Crippen LogP contribution in [0, 0.1) is 11.8 Å². The normalized spacial score (nSPS) is 24.0. The maximum atomic E-state index is 11.2. The second-order valence-electron chi connectivity index (χ2n) is 4.43. The molecule has 3 nitrogen and oxygen atoms in total. The van der Waals surface area contributed by atoms with Gasteiger partial charge >= 0.3 is 0 Å². The molecule has 14 heavy (non-hydrogen) atoms. The van der Waals surface area contributed by atoms with Gasteiger partial charge in [-0.3, -0.25) is 4.79 Å². The number of carbonyl (C=O) groups excluding carboxylic acids is 1. The molecule has 0 spiro atoms. The average molecular weight is 194 g/mol. The van der Waals surface area contributed by atoms with Crippen molar-refractivity contribution in [3.63, 3.8) is 0 Å². The highest BCUT2D eigenvalue weighted by Crippen LogP contribution is 2.28. The molecule has 1 amide bonds. The van der Waals surface area contributed by atoms with Crippen LogP contribution in [0.25, 0.3) is 0 Å². The lowest BCUT2D eigenvalue weighted by atomic mass is 9.90. The number of rotatable bonds is 3. The molecule has 0 atom stereocenters. The van der Waals surface area contributed by atoms with Gasteiger partial charge in [0.15, 0.2) is 0 Å². The van der Waals surface area contributed by atoms with E-state index in [1.165, 1.54) is 32.1 Å². The molecule has 0 heterocycles. The van der Waals surface area contributed by atoms with Crippen molar-refractivity contribution < 1.29 is 4.79 Å². The van der Waals surface area contributed by atoms with Gasteiger partial charge in [0, 0.05) is 12.1 Å². The lowest BCUT2D eigenvalue weighted by Crippen LogP contribution is -2.20.